The lowest BCUT2D eigenvalue weighted by Crippen LogP contribution is -2.45. The minimum absolute atomic E-state index is 0. The van der Waals surface area contributed by atoms with E-state index in [0.29, 0.717) is 5.56 Å². The predicted octanol–water partition coefficient (Wildman–Crippen LogP) is 4.82. The molecule has 1 saturated heterocycles. The van der Waals surface area contributed by atoms with Crippen LogP contribution in [0.15, 0.2) is 18.2 Å². The van der Waals surface area contributed by atoms with Crippen LogP contribution in [0.1, 0.15) is 43.4 Å². The summed E-state index contributed by atoms with van der Waals surface area (Å²) in [6.45, 7) is 5.31. The highest BCUT2D eigenvalue weighted by Crippen LogP contribution is 2.35. The molecule has 1 N–H and O–H groups in total. The van der Waals surface area contributed by atoms with Crippen molar-refractivity contribution < 1.29 is 17.6 Å². The molecule has 1 fully saturated rings. The summed E-state index contributed by atoms with van der Waals surface area (Å²) in [7, 11) is 0. The second-order valence-electron chi connectivity index (χ2n) is 5.68. The Bertz CT molecular complexity index is 491. The summed E-state index contributed by atoms with van der Waals surface area (Å²) in [5, 5.41) is 3.24. The van der Waals surface area contributed by atoms with Gasteiger partial charge >= 0.3 is 6.18 Å². The zero-order chi connectivity index (χ0) is 16.2. The zero-order valence-corrected chi connectivity index (χ0v) is 15.2. The van der Waals surface area contributed by atoms with Crippen LogP contribution in [0.3, 0.4) is 0 Å². The van der Waals surface area contributed by atoms with Gasteiger partial charge in [-0.15, -0.1) is 24.8 Å². The number of benzene rings is 1. The third-order valence-corrected chi connectivity index (χ3v) is 4.10. The van der Waals surface area contributed by atoms with Gasteiger partial charge in [0.05, 0.1) is 5.56 Å². The molecular weight excluding hydrogens is 367 g/mol. The Kier molecular flexibility index (Phi) is 10.2. The summed E-state index contributed by atoms with van der Waals surface area (Å²) in [5.41, 5.74) is -0.606. The van der Waals surface area contributed by atoms with Crippen molar-refractivity contribution in [1.29, 1.82) is 0 Å². The van der Waals surface area contributed by atoms with Gasteiger partial charge < -0.3 is 5.32 Å². The quantitative estimate of drug-likeness (QED) is 0.724. The van der Waals surface area contributed by atoms with Gasteiger partial charge in [-0.25, -0.2) is 4.39 Å². The molecule has 0 amide bonds. The first-order chi connectivity index (χ1) is 10.4. The number of piperazine rings is 1. The first-order valence-corrected chi connectivity index (χ1v) is 7.75. The Hall–Kier alpha value is -0.560. The van der Waals surface area contributed by atoms with Gasteiger partial charge in [0.15, 0.2) is 0 Å². The van der Waals surface area contributed by atoms with Gasteiger partial charge in [-0.05, 0) is 24.1 Å². The van der Waals surface area contributed by atoms with Crippen molar-refractivity contribution in [2.24, 2.45) is 0 Å². The highest BCUT2D eigenvalue weighted by molar-refractivity contribution is 5.85. The molecule has 1 aliphatic heterocycles. The summed E-state index contributed by atoms with van der Waals surface area (Å²) >= 11 is 0. The molecule has 0 aromatic heterocycles. The molecule has 0 spiro atoms. The van der Waals surface area contributed by atoms with Crippen LogP contribution in [0.4, 0.5) is 17.6 Å². The van der Waals surface area contributed by atoms with Crippen molar-refractivity contribution in [2.45, 2.75) is 38.4 Å². The number of hydrogen-bond donors (Lipinski definition) is 1. The molecule has 24 heavy (non-hydrogen) atoms. The van der Waals surface area contributed by atoms with E-state index in [1.807, 2.05) is 0 Å². The first kappa shape index (κ1) is 23.4. The maximum Gasteiger partial charge on any atom is 0.419 e. The largest absolute Gasteiger partial charge is 0.419 e. The summed E-state index contributed by atoms with van der Waals surface area (Å²) in [4.78, 5) is 2.19. The van der Waals surface area contributed by atoms with E-state index in [0.717, 1.165) is 57.6 Å². The second-order valence-corrected chi connectivity index (χ2v) is 5.68. The molecule has 1 aromatic carbocycles. The fourth-order valence-corrected chi connectivity index (χ4v) is 2.92. The van der Waals surface area contributed by atoms with Crippen LogP contribution in [0, 0.1) is 5.82 Å². The molecule has 0 saturated carbocycles. The standard InChI is InChI=1S/C16H22F4N2.2ClH/c1-2-3-4-15(22-9-7-21-8-10-22)12-5-6-14(17)13(11-12)16(18,19)20;;/h5-6,11,15,21H,2-4,7-10H2,1H3;2*1H/t15-;;/m0../s1. The molecule has 1 heterocycles. The van der Waals surface area contributed by atoms with E-state index < -0.39 is 17.6 Å². The van der Waals surface area contributed by atoms with E-state index in [1.54, 1.807) is 0 Å². The number of nitrogens with one attached hydrogen (secondary N) is 1. The third kappa shape index (κ3) is 6.06. The van der Waals surface area contributed by atoms with E-state index >= 15 is 0 Å². The lowest BCUT2D eigenvalue weighted by Gasteiger charge is -2.35. The fraction of sp³-hybridized carbons (Fsp3) is 0.625. The first-order valence-electron chi connectivity index (χ1n) is 7.75. The summed E-state index contributed by atoms with van der Waals surface area (Å²) in [6.07, 6.45) is -1.94. The Morgan fingerprint density at radius 1 is 1.17 bits per heavy atom. The van der Waals surface area contributed by atoms with Crippen LogP contribution in [0.2, 0.25) is 0 Å². The lowest BCUT2D eigenvalue weighted by molar-refractivity contribution is -0.140. The average Bonchev–Trinajstić information content (AvgIpc) is 2.49. The molecule has 0 bridgehead atoms. The maximum atomic E-state index is 13.5. The monoisotopic (exact) mass is 390 g/mol. The number of unbranched alkanes of at least 4 members (excludes halogenated alkanes) is 1. The molecule has 8 heteroatoms. The number of alkyl halides is 3. The minimum atomic E-state index is -4.65. The van der Waals surface area contributed by atoms with Crippen molar-refractivity contribution in [3.05, 3.63) is 35.1 Å². The highest BCUT2D eigenvalue weighted by Gasteiger charge is 2.35. The molecule has 0 aliphatic carbocycles. The van der Waals surface area contributed by atoms with E-state index in [9.17, 15) is 17.6 Å². The van der Waals surface area contributed by atoms with Crippen molar-refractivity contribution >= 4 is 24.8 Å². The average molecular weight is 391 g/mol. The third-order valence-electron chi connectivity index (χ3n) is 4.10. The highest BCUT2D eigenvalue weighted by atomic mass is 35.5. The molecule has 0 radical (unpaired) electrons. The zero-order valence-electron chi connectivity index (χ0n) is 13.5. The van der Waals surface area contributed by atoms with E-state index in [2.05, 4.69) is 17.1 Å². The summed E-state index contributed by atoms with van der Waals surface area (Å²) in [5.74, 6) is -1.20. The number of rotatable bonds is 5. The van der Waals surface area contributed by atoms with Gasteiger partial charge in [0.25, 0.3) is 0 Å². The molecule has 2 rings (SSSR count). The Morgan fingerprint density at radius 3 is 2.33 bits per heavy atom. The number of hydrogen-bond acceptors (Lipinski definition) is 2. The number of halogens is 6. The van der Waals surface area contributed by atoms with E-state index in [4.69, 9.17) is 0 Å². The van der Waals surface area contributed by atoms with Crippen LogP contribution in [0.5, 0.6) is 0 Å². The fourth-order valence-electron chi connectivity index (χ4n) is 2.92. The molecule has 140 valence electrons. The molecule has 1 aromatic rings. The summed E-state index contributed by atoms with van der Waals surface area (Å²) < 4.78 is 52.2. The van der Waals surface area contributed by atoms with Crippen molar-refractivity contribution in [3.8, 4) is 0 Å². The van der Waals surface area contributed by atoms with Gasteiger partial charge in [0.1, 0.15) is 5.82 Å². The topological polar surface area (TPSA) is 15.3 Å². The maximum absolute atomic E-state index is 13.5. The van der Waals surface area contributed by atoms with Crippen molar-refractivity contribution in [2.75, 3.05) is 26.2 Å². The second kappa shape index (κ2) is 10.4. The molecule has 1 aliphatic rings. The molecule has 0 unspecified atom stereocenters. The Morgan fingerprint density at radius 2 is 1.79 bits per heavy atom. The van der Waals surface area contributed by atoms with Crippen LogP contribution in [-0.4, -0.2) is 31.1 Å². The SMILES string of the molecule is CCCC[C@@H](c1ccc(F)c(C(F)(F)F)c1)N1CCNCC1.Cl.Cl. The molecule has 2 nitrogen and oxygen atoms in total. The van der Waals surface area contributed by atoms with Gasteiger partial charge in [-0.2, -0.15) is 13.2 Å². The van der Waals surface area contributed by atoms with E-state index in [1.165, 1.54) is 6.07 Å². The molecule has 1 atom stereocenters. The smallest absolute Gasteiger partial charge is 0.314 e. The van der Waals surface area contributed by atoms with Gasteiger partial charge in [0.2, 0.25) is 0 Å². The molecular formula is C16H24Cl2F4N2. The van der Waals surface area contributed by atoms with Crippen LogP contribution in [-0.2, 0) is 6.18 Å². The van der Waals surface area contributed by atoms with E-state index in [-0.39, 0.29) is 30.9 Å². The Labute approximate surface area is 152 Å². The lowest BCUT2D eigenvalue weighted by atomic mass is 9.96. The number of nitrogens with zero attached hydrogens (tertiary/aromatic N) is 1. The Balaban J connectivity index is 0.00000264. The van der Waals surface area contributed by atoms with Crippen molar-refractivity contribution in [1.82, 2.24) is 10.2 Å². The van der Waals surface area contributed by atoms with Gasteiger partial charge in [0, 0.05) is 32.2 Å². The normalized spacial score (nSPS) is 16.9. The van der Waals surface area contributed by atoms with Crippen LogP contribution >= 0.6 is 24.8 Å². The van der Waals surface area contributed by atoms with Crippen molar-refractivity contribution in [3.63, 3.8) is 0 Å². The minimum Gasteiger partial charge on any atom is -0.314 e. The predicted molar refractivity (Wildman–Crippen MR) is 92.6 cm³/mol. The van der Waals surface area contributed by atoms with Gasteiger partial charge in [-0.1, -0.05) is 25.8 Å². The summed E-state index contributed by atoms with van der Waals surface area (Å²) in [6, 6.07) is 3.34. The van der Waals surface area contributed by atoms with Gasteiger partial charge in [-0.3, -0.25) is 4.90 Å². The van der Waals surface area contributed by atoms with Crippen LogP contribution in [0.25, 0.3) is 0 Å². The van der Waals surface area contributed by atoms with Crippen LogP contribution < -0.4 is 5.32 Å².